The fourth-order valence-electron chi connectivity index (χ4n) is 2.80. The van der Waals surface area contributed by atoms with Gasteiger partial charge in [-0.25, -0.2) is 4.98 Å². The Kier molecular flexibility index (Phi) is 3.26. The number of hydrogen-bond donors (Lipinski definition) is 2. The van der Waals surface area contributed by atoms with E-state index >= 15 is 0 Å². The van der Waals surface area contributed by atoms with Crippen LogP contribution in [0.1, 0.15) is 33.3 Å². The molecule has 0 spiro atoms. The first kappa shape index (κ1) is 13.8. The summed E-state index contributed by atoms with van der Waals surface area (Å²) >= 11 is 0. The van der Waals surface area contributed by atoms with E-state index in [9.17, 15) is 0 Å². The van der Waals surface area contributed by atoms with E-state index in [1.54, 1.807) is 12.3 Å². The predicted molar refractivity (Wildman–Crippen MR) is 76.7 cm³/mol. The molecule has 0 amide bonds. The van der Waals surface area contributed by atoms with Crippen molar-refractivity contribution in [2.45, 2.75) is 38.9 Å². The highest BCUT2D eigenvalue weighted by atomic mass is 16.5. The predicted octanol–water partition coefficient (Wildman–Crippen LogP) is 1.76. The first-order chi connectivity index (χ1) is 8.70. The fraction of sp³-hybridized carbons (Fsp3) is 0.571. The lowest BCUT2D eigenvalue weighted by molar-refractivity contribution is -0.133. The van der Waals surface area contributed by atoms with Crippen molar-refractivity contribution in [3.8, 4) is 0 Å². The quantitative estimate of drug-likeness (QED) is 0.629. The minimum Gasteiger partial charge on any atom is -0.384 e. The normalized spacial score (nSPS) is 21.2. The lowest BCUT2D eigenvalue weighted by Gasteiger charge is -2.47. The Morgan fingerprint density at radius 2 is 1.89 bits per heavy atom. The van der Waals surface area contributed by atoms with Crippen LogP contribution in [0.3, 0.4) is 0 Å². The minimum absolute atomic E-state index is 0.0465. The van der Waals surface area contributed by atoms with Crippen LogP contribution in [0.15, 0.2) is 18.3 Å². The molecule has 0 bridgehead atoms. The third kappa shape index (κ3) is 3.04. The van der Waals surface area contributed by atoms with E-state index in [2.05, 4.69) is 37.6 Å². The molecule has 1 saturated heterocycles. The number of ether oxygens (including phenoxy) is 1. The molecule has 0 atom stereocenters. The second-order valence-corrected chi connectivity index (χ2v) is 6.27. The summed E-state index contributed by atoms with van der Waals surface area (Å²) in [7, 11) is 0. The van der Waals surface area contributed by atoms with Crippen molar-refractivity contribution >= 4 is 11.7 Å². The highest BCUT2D eigenvalue weighted by molar-refractivity contribution is 5.99. The Bertz CT molecular complexity index is 480. The second-order valence-electron chi connectivity index (χ2n) is 6.27. The van der Waals surface area contributed by atoms with Crippen LogP contribution >= 0.6 is 0 Å². The van der Waals surface area contributed by atoms with Crippen LogP contribution in [-0.4, -0.2) is 35.1 Å². The van der Waals surface area contributed by atoms with Gasteiger partial charge in [-0.15, -0.1) is 0 Å². The number of nitrogens with zero attached hydrogens (tertiary/aromatic N) is 2. The number of aromatic nitrogens is 1. The van der Waals surface area contributed by atoms with Crippen molar-refractivity contribution in [1.82, 2.24) is 4.98 Å². The molecule has 104 valence electrons. The molecule has 2 heterocycles. The van der Waals surface area contributed by atoms with Crippen LogP contribution in [0.4, 0.5) is 5.82 Å². The zero-order valence-electron chi connectivity index (χ0n) is 12.0. The van der Waals surface area contributed by atoms with Gasteiger partial charge in [0.15, 0.2) is 0 Å². The van der Waals surface area contributed by atoms with Gasteiger partial charge in [0, 0.05) is 19.3 Å². The van der Waals surface area contributed by atoms with Crippen molar-refractivity contribution in [3.05, 3.63) is 23.9 Å². The molecule has 0 unspecified atom stereocenters. The molecule has 1 aromatic rings. The van der Waals surface area contributed by atoms with Crippen LogP contribution in [0.2, 0.25) is 0 Å². The van der Waals surface area contributed by atoms with Crippen LogP contribution in [0.5, 0.6) is 0 Å². The first-order valence-electron chi connectivity index (χ1n) is 6.45. The molecular formula is C14H22N4O. The maximum Gasteiger partial charge on any atom is 0.139 e. The topological polar surface area (TPSA) is 75.2 Å². The smallest absolute Gasteiger partial charge is 0.139 e. The molecule has 3 N–H and O–H groups in total. The largest absolute Gasteiger partial charge is 0.384 e. The number of nitrogen functional groups attached to an aromatic ring is 1. The molecule has 1 fully saturated rings. The Hall–Kier alpha value is -1.62. The molecule has 1 aromatic heterocycles. The van der Waals surface area contributed by atoms with E-state index < -0.39 is 0 Å². The van der Waals surface area contributed by atoms with E-state index in [1.807, 2.05) is 6.07 Å². The van der Waals surface area contributed by atoms with E-state index in [0.717, 1.165) is 18.9 Å². The number of rotatable bonds is 2. The Morgan fingerprint density at radius 3 is 2.42 bits per heavy atom. The average Bonchev–Trinajstić information content (AvgIpc) is 2.24. The molecule has 2 rings (SSSR count). The summed E-state index contributed by atoms with van der Waals surface area (Å²) in [5, 5.41) is 7.67. The maximum absolute atomic E-state index is 7.67. The number of nitrogens with two attached hydrogens (primary N) is 1. The van der Waals surface area contributed by atoms with E-state index in [-0.39, 0.29) is 17.0 Å². The van der Waals surface area contributed by atoms with Gasteiger partial charge in [0.05, 0.1) is 16.8 Å². The Balaban J connectivity index is 2.39. The number of morpholine rings is 1. The van der Waals surface area contributed by atoms with E-state index in [0.29, 0.717) is 5.56 Å². The summed E-state index contributed by atoms with van der Waals surface area (Å²) in [4.78, 5) is 6.56. The molecule has 5 nitrogen and oxygen atoms in total. The summed E-state index contributed by atoms with van der Waals surface area (Å²) in [6, 6.07) is 3.64. The molecular weight excluding hydrogens is 240 g/mol. The van der Waals surface area contributed by atoms with Crippen molar-refractivity contribution < 1.29 is 4.74 Å². The Morgan fingerprint density at radius 1 is 1.32 bits per heavy atom. The summed E-state index contributed by atoms with van der Waals surface area (Å²) in [5.74, 6) is 0.810. The van der Waals surface area contributed by atoms with Crippen LogP contribution < -0.4 is 10.6 Å². The molecule has 1 aliphatic heterocycles. The third-order valence-corrected chi connectivity index (χ3v) is 3.07. The van der Waals surface area contributed by atoms with Crippen molar-refractivity contribution in [2.75, 3.05) is 18.0 Å². The van der Waals surface area contributed by atoms with E-state index in [1.165, 1.54) is 0 Å². The second kappa shape index (κ2) is 4.49. The maximum atomic E-state index is 7.67. The monoisotopic (exact) mass is 262 g/mol. The summed E-state index contributed by atoms with van der Waals surface area (Å²) in [5.41, 5.74) is 5.81. The highest BCUT2D eigenvalue weighted by Crippen LogP contribution is 2.31. The number of anilines is 1. The van der Waals surface area contributed by atoms with Crippen molar-refractivity contribution in [3.63, 3.8) is 0 Å². The van der Waals surface area contributed by atoms with Gasteiger partial charge in [0.25, 0.3) is 0 Å². The number of nitrogens with one attached hydrogen (secondary N) is 1. The number of hydrogen-bond acceptors (Lipinski definition) is 4. The first-order valence-corrected chi connectivity index (χ1v) is 6.45. The average molecular weight is 262 g/mol. The Labute approximate surface area is 114 Å². The zero-order valence-corrected chi connectivity index (χ0v) is 12.0. The van der Waals surface area contributed by atoms with Gasteiger partial charge in [-0.1, -0.05) is 0 Å². The van der Waals surface area contributed by atoms with Crippen LogP contribution in [0.25, 0.3) is 0 Å². The van der Waals surface area contributed by atoms with Crippen LogP contribution in [-0.2, 0) is 4.74 Å². The molecule has 0 aliphatic carbocycles. The van der Waals surface area contributed by atoms with Gasteiger partial charge in [-0.05, 0) is 39.8 Å². The van der Waals surface area contributed by atoms with Gasteiger partial charge in [0.2, 0.25) is 0 Å². The van der Waals surface area contributed by atoms with Gasteiger partial charge in [0.1, 0.15) is 11.7 Å². The molecule has 0 radical (unpaired) electrons. The van der Waals surface area contributed by atoms with E-state index in [4.69, 9.17) is 15.9 Å². The number of amidine groups is 1. The minimum atomic E-state index is -0.257. The molecule has 5 heteroatoms. The van der Waals surface area contributed by atoms with Gasteiger partial charge in [-0.3, -0.25) is 5.41 Å². The molecule has 0 saturated carbocycles. The highest BCUT2D eigenvalue weighted by Gasteiger charge is 2.39. The fourth-order valence-corrected chi connectivity index (χ4v) is 2.80. The summed E-state index contributed by atoms with van der Waals surface area (Å²) < 4.78 is 6.06. The molecule has 0 aromatic carbocycles. The van der Waals surface area contributed by atoms with Gasteiger partial charge in [-0.2, -0.15) is 0 Å². The number of pyridine rings is 1. The summed E-state index contributed by atoms with van der Waals surface area (Å²) in [6.45, 7) is 9.73. The standard InChI is InChI=1S/C14H22N4O/c1-13(2)8-18(9-14(3,4)19-13)12-10(11(15)16)6-5-7-17-12/h5-7H,8-9H2,1-4H3,(H3,15,16). The molecule has 1 aliphatic rings. The van der Waals surface area contributed by atoms with Crippen molar-refractivity contribution in [1.29, 1.82) is 5.41 Å². The SMILES string of the molecule is CC1(C)CN(c2ncccc2C(=N)N)CC(C)(C)O1. The lowest BCUT2D eigenvalue weighted by atomic mass is 9.98. The third-order valence-electron chi connectivity index (χ3n) is 3.07. The zero-order chi connectivity index (χ0) is 14.3. The lowest BCUT2D eigenvalue weighted by Crippen LogP contribution is -2.57. The van der Waals surface area contributed by atoms with Gasteiger partial charge >= 0.3 is 0 Å². The molecule has 19 heavy (non-hydrogen) atoms. The summed E-state index contributed by atoms with van der Waals surface area (Å²) in [6.07, 6.45) is 1.73. The van der Waals surface area contributed by atoms with Crippen molar-refractivity contribution in [2.24, 2.45) is 5.73 Å². The van der Waals surface area contributed by atoms with Gasteiger partial charge < -0.3 is 15.4 Å². The van der Waals surface area contributed by atoms with Crippen LogP contribution in [0, 0.1) is 5.41 Å².